The Morgan fingerprint density at radius 3 is 2.79 bits per heavy atom. The van der Waals surface area contributed by atoms with Crippen molar-refractivity contribution < 1.29 is 4.74 Å². The van der Waals surface area contributed by atoms with E-state index in [9.17, 15) is 0 Å². The van der Waals surface area contributed by atoms with Crippen LogP contribution in [-0.4, -0.2) is 23.4 Å². The molecule has 1 heterocycles. The highest BCUT2D eigenvalue weighted by atomic mass is 16.5. The van der Waals surface area contributed by atoms with E-state index >= 15 is 0 Å². The third-order valence-electron chi connectivity index (χ3n) is 2.19. The van der Waals surface area contributed by atoms with Crippen LogP contribution in [0.1, 0.15) is 32.0 Å². The van der Waals surface area contributed by atoms with Gasteiger partial charge in [0, 0.05) is 6.04 Å². The molecule has 0 unspecified atom stereocenters. The number of hydrogen-bond donors (Lipinski definition) is 1. The Bertz CT molecular complexity index is 281. The maximum atomic E-state index is 5.49. The van der Waals surface area contributed by atoms with Crippen LogP contribution in [0.2, 0.25) is 0 Å². The Labute approximate surface area is 85.0 Å². The quantitative estimate of drug-likeness (QED) is 0.775. The fourth-order valence-corrected chi connectivity index (χ4v) is 1.49. The molecule has 0 fully saturated rings. The van der Waals surface area contributed by atoms with Gasteiger partial charge in [0.15, 0.2) is 5.75 Å². The summed E-state index contributed by atoms with van der Waals surface area (Å²) < 4.78 is 7.24. The highest BCUT2D eigenvalue weighted by Crippen LogP contribution is 2.21. The van der Waals surface area contributed by atoms with Crippen molar-refractivity contribution in [2.24, 2.45) is 5.73 Å². The lowest BCUT2D eigenvalue weighted by Crippen LogP contribution is -2.10. The smallest absolute Gasteiger partial charge is 0.159 e. The molecule has 0 bridgehead atoms. The molecule has 0 aliphatic heterocycles. The number of ether oxygens (including phenoxy) is 1. The lowest BCUT2D eigenvalue weighted by Gasteiger charge is -2.11. The van der Waals surface area contributed by atoms with E-state index in [-0.39, 0.29) is 0 Å². The highest BCUT2D eigenvalue weighted by Gasteiger charge is 2.12. The van der Waals surface area contributed by atoms with E-state index in [1.807, 2.05) is 4.68 Å². The van der Waals surface area contributed by atoms with E-state index in [1.165, 1.54) is 0 Å². The number of aromatic nitrogens is 2. The van der Waals surface area contributed by atoms with Gasteiger partial charge in [-0.15, -0.1) is 0 Å². The Kier molecular flexibility index (Phi) is 3.95. The van der Waals surface area contributed by atoms with Crippen LogP contribution in [0.15, 0.2) is 6.20 Å². The molecule has 0 saturated heterocycles. The first-order chi connectivity index (χ1) is 6.70. The Hall–Kier alpha value is -1.03. The molecule has 4 heteroatoms. The van der Waals surface area contributed by atoms with Gasteiger partial charge in [0.2, 0.25) is 0 Å². The normalized spacial score (nSPS) is 10.9. The highest BCUT2D eigenvalue weighted by molar-refractivity contribution is 5.25. The summed E-state index contributed by atoms with van der Waals surface area (Å²) in [6.07, 6.45) is 3.67. The van der Waals surface area contributed by atoms with Crippen LogP contribution >= 0.6 is 0 Å². The summed E-state index contributed by atoms with van der Waals surface area (Å²) in [7, 11) is 1.67. The van der Waals surface area contributed by atoms with Gasteiger partial charge >= 0.3 is 0 Å². The average Bonchev–Trinajstić information content (AvgIpc) is 2.57. The first-order valence-corrected chi connectivity index (χ1v) is 5.01. The maximum absolute atomic E-state index is 5.49. The predicted octanol–water partition coefficient (Wildman–Crippen LogP) is 1.36. The number of methoxy groups -OCH3 is 1. The molecule has 0 aromatic carbocycles. The van der Waals surface area contributed by atoms with Crippen molar-refractivity contribution >= 4 is 0 Å². The van der Waals surface area contributed by atoms with Crippen LogP contribution in [0.3, 0.4) is 0 Å². The molecule has 1 aromatic heterocycles. The van der Waals surface area contributed by atoms with E-state index in [1.54, 1.807) is 13.3 Å². The van der Waals surface area contributed by atoms with Crippen molar-refractivity contribution in [3.8, 4) is 5.75 Å². The van der Waals surface area contributed by atoms with Gasteiger partial charge in [0.05, 0.1) is 19.0 Å². The molecule has 4 nitrogen and oxygen atoms in total. The number of hydrogen-bond acceptors (Lipinski definition) is 3. The molecule has 1 aromatic rings. The minimum atomic E-state index is 0.367. The molecule has 14 heavy (non-hydrogen) atoms. The summed E-state index contributed by atoms with van der Waals surface area (Å²) in [6, 6.07) is 0.367. The average molecular weight is 197 g/mol. The molecule has 0 amide bonds. The SMILES string of the molecule is COc1cnn(C(C)C)c1CCCN. The lowest BCUT2D eigenvalue weighted by atomic mass is 10.2. The first kappa shape index (κ1) is 11.0. The Morgan fingerprint density at radius 2 is 2.29 bits per heavy atom. The molecular formula is C10H19N3O. The molecule has 0 aliphatic rings. The lowest BCUT2D eigenvalue weighted by molar-refractivity contribution is 0.403. The summed E-state index contributed by atoms with van der Waals surface area (Å²) >= 11 is 0. The van der Waals surface area contributed by atoms with E-state index in [2.05, 4.69) is 18.9 Å². The predicted molar refractivity (Wildman–Crippen MR) is 56.5 cm³/mol. The largest absolute Gasteiger partial charge is 0.493 e. The van der Waals surface area contributed by atoms with Crippen LogP contribution in [0.25, 0.3) is 0 Å². The van der Waals surface area contributed by atoms with E-state index < -0.39 is 0 Å². The van der Waals surface area contributed by atoms with Crippen LogP contribution in [0.5, 0.6) is 5.75 Å². The first-order valence-electron chi connectivity index (χ1n) is 5.01. The zero-order valence-electron chi connectivity index (χ0n) is 9.16. The van der Waals surface area contributed by atoms with Crippen molar-refractivity contribution in [3.05, 3.63) is 11.9 Å². The van der Waals surface area contributed by atoms with Crippen molar-refractivity contribution in [3.63, 3.8) is 0 Å². The topological polar surface area (TPSA) is 53.1 Å². The van der Waals surface area contributed by atoms with Crippen molar-refractivity contribution in [1.82, 2.24) is 9.78 Å². The van der Waals surface area contributed by atoms with Crippen LogP contribution in [0, 0.1) is 0 Å². The molecule has 0 atom stereocenters. The molecule has 0 spiro atoms. The van der Waals surface area contributed by atoms with E-state index in [0.29, 0.717) is 12.6 Å². The zero-order chi connectivity index (χ0) is 10.6. The molecule has 1 rings (SSSR count). The van der Waals surface area contributed by atoms with Crippen molar-refractivity contribution in [1.29, 1.82) is 0 Å². The minimum absolute atomic E-state index is 0.367. The zero-order valence-corrected chi connectivity index (χ0v) is 9.16. The minimum Gasteiger partial charge on any atom is -0.493 e. The van der Waals surface area contributed by atoms with Gasteiger partial charge < -0.3 is 10.5 Å². The molecule has 0 radical (unpaired) electrons. The summed E-state index contributed by atoms with van der Waals surface area (Å²) in [6.45, 7) is 4.92. The van der Waals surface area contributed by atoms with Gasteiger partial charge in [-0.1, -0.05) is 0 Å². The van der Waals surface area contributed by atoms with E-state index in [4.69, 9.17) is 10.5 Å². The molecule has 0 saturated carbocycles. The van der Waals surface area contributed by atoms with Crippen LogP contribution < -0.4 is 10.5 Å². The molecular weight excluding hydrogens is 178 g/mol. The summed E-state index contributed by atoms with van der Waals surface area (Å²) in [5.74, 6) is 0.868. The standard InChI is InChI=1S/C10H19N3O/c1-8(2)13-9(5-4-6-11)10(14-3)7-12-13/h7-8H,4-6,11H2,1-3H3. The summed E-state index contributed by atoms with van der Waals surface area (Å²) in [5.41, 5.74) is 6.64. The fourth-order valence-electron chi connectivity index (χ4n) is 1.49. The van der Waals surface area contributed by atoms with Crippen molar-refractivity contribution in [2.75, 3.05) is 13.7 Å². The van der Waals surface area contributed by atoms with Crippen molar-refractivity contribution in [2.45, 2.75) is 32.7 Å². The monoisotopic (exact) mass is 197 g/mol. The molecule has 80 valence electrons. The van der Waals surface area contributed by atoms with Gasteiger partial charge in [-0.2, -0.15) is 5.10 Å². The number of rotatable bonds is 5. The van der Waals surface area contributed by atoms with Gasteiger partial charge in [-0.25, -0.2) is 0 Å². The number of nitrogens with two attached hydrogens (primary N) is 1. The van der Waals surface area contributed by atoms with Gasteiger partial charge in [-0.3, -0.25) is 4.68 Å². The third kappa shape index (κ3) is 2.26. The third-order valence-corrected chi connectivity index (χ3v) is 2.19. The van der Waals surface area contributed by atoms with Gasteiger partial charge in [0.25, 0.3) is 0 Å². The Morgan fingerprint density at radius 1 is 1.57 bits per heavy atom. The van der Waals surface area contributed by atoms with Gasteiger partial charge in [-0.05, 0) is 33.2 Å². The number of nitrogens with zero attached hydrogens (tertiary/aromatic N) is 2. The second-order valence-corrected chi connectivity index (χ2v) is 3.59. The molecule has 2 N–H and O–H groups in total. The fraction of sp³-hybridized carbons (Fsp3) is 0.700. The van der Waals surface area contributed by atoms with E-state index in [0.717, 1.165) is 24.3 Å². The van der Waals surface area contributed by atoms with Crippen LogP contribution in [-0.2, 0) is 6.42 Å². The van der Waals surface area contributed by atoms with Crippen LogP contribution in [0.4, 0.5) is 0 Å². The second kappa shape index (κ2) is 5.00. The molecule has 0 aliphatic carbocycles. The summed E-state index contributed by atoms with van der Waals surface area (Å²) in [4.78, 5) is 0. The summed E-state index contributed by atoms with van der Waals surface area (Å²) in [5, 5.41) is 4.29. The van der Waals surface area contributed by atoms with Gasteiger partial charge in [0.1, 0.15) is 0 Å². The maximum Gasteiger partial charge on any atom is 0.159 e. The second-order valence-electron chi connectivity index (χ2n) is 3.59. The Balaban J connectivity index is 2.88.